The van der Waals surface area contributed by atoms with Crippen LogP contribution in [-0.2, 0) is 15.1 Å². The molecule has 0 bridgehead atoms. The average Bonchev–Trinajstić information content (AvgIpc) is 3.40. The minimum Gasteiger partial charge on any atom is -0.318 e. The van der Waals surface area contributed by atoms with E-state index in [2.05, 4.69) is 21.7 Å². The van der Waals surface area contributed by atoms with Crippen molar-refractivity contribution in [2.24, 2.45) is 0 Å². The first-order chi connectivity index (χ1) is 16.5. The Balaban J connectivity index is 1.31. The van der Waals surface area contributed by atoms with Crippen LogP contribution in [0, 0.1) is 0 Å². The Kier molecular flexibility index (Phi) is 6.05. The van der Waals surface area contributed by atoms with Crippen molar-refractivity contribution < 1.29 is 14.4 Å². The zero-order valence-electron chi connectivity index (χ0n) is 19.0. The second kappa shape index (κ2) is 9.15. The van der Waals surface area contributed by atoms with Gasteiger partial charge in [0, 0.05) is 0 Å². The number of thiazole rings is 1. The fourth-order valence-electron chi connectivity index (χ4n) is 4.88. The first kappa shape index (κ1) is 22.5. The molecule has 5 rings (SSSR count). The average molecular weight is 478 g/mol. The summed E-state index contributed by atoms with van der Waals surface area (Å²) < 4.78 is 1.13. The number of imide groups is 1. The second-order valence-corrected chi connectivity index (χ2v) is 9.79. The molecule has 3 heterocycles. The molecule has 2 saturated heterocycles. The van der Waals surface area contributed by atoms with E-state index < -0.39 is 23.4 Å². The number of hydrogen-bond donors (Lipinski definition) is 2. The molecule has 34 heavy (non-hydrogen) atoms. The summed E-state index contributed by atoms with van der Waals surface area (Å²) in [6, 6.07) is 16.6. The lowest BCUT2D eigenvalue weighted by molar-refractivity contribution is -0.140. The zero-order chi connectivity index (χ0) is 23.7. The summed E-state index contributed by atoms with van der Waals surface area (Å²) in [6.07, 6.45) is 3.36. The number of para-hydroxylation sites is 1. The molecule has 8 nitrogen and oxygen atoms in total. The lowest BCUT2D eigenvalue weighted by Crippen LogP contribution is -2.51. The van der Waals surface area contributed by atoms with E-state index in [-0.39, 0.29) is 12.6 Å². The molecule has 2 aliphatic heterocycles. The highest BCUT2D eigenvalue weighted by atomic mass is 32.1. The molecule has 0 saturated carbocycles. The number of carbonyl (C=O) groups excluding carboxylic acids is 3. The maximum Gasteiger partial charge on any atom is 0.344 e. The monoisotopic (exact) mass is 477 g/mol. The number of fused-ring (bicyclic) bond motifs is 1. The number of hydrazine groups is 1. The van der Waals surface area contributed by atoms with E-state index >= 15 is 0 Å². The Morgan fingerprint density at radius 2 is 1.91 bits per heavy atom. The van der Waals surface area contributed by atoms with E-state index in [0.29, 0.717) is 12.0 Å². The lowest BCUT2D eigenvalue weighted by atomic mass is 9.87. The predicted octanol–water partition coefficient (Wildman–Crippen LogP) is 3.71. The standard InChI is InChI=1S/C25H27N5O3S/c1-2-25(17-10-4-3-5-11-17)23(32)30(24(33)27-25)28-21(31)16-29-15-9-8-13-19(29)22-26-18-12-6-7-14-20(18)34-22/h3-7,10-12,14,19H,2,8-9,13,15-16H2,1H3,(H,27,33)(H,28,31)/t19-,25+/m1/s1. The van der Waals surface area contributed by atoms with E-state index in [1.54, 1.807) is 11.3 Å². The van der Waals surface area contributed by atoms with Crippen molar-refractivity contribution in [2.45, 2.75) is 44.2 Å². The van der Waals surface area contributed by atoms with E-state index in [1.807, 2.05) is 55.5 Å². The first-order valence-corrected chi connectivity index (χ1v) is 12.4. The van der Waals surface area contributed by atoms with E-state index in [0.717, 1.165) is 46.0 Å². The third-order valence-electron chi connectivity index (χ3n) is 6.68. The van der Waals surface area contributed by atoms with Gasteiger partial charge in [-0.3, -0.25) is 19.9 Å². The number of piperidine rings is 1. The van der Waals surface area contributed by atoms with Crippen molar-refractivity contribution >= 4 is 39.4 Å². The fraction of sp³-hybridized carbons (Fsp3) is 0.360. The number of amides is 4. The molecule has 2 atom stereocenters. The van der Waals surface area contributed by atoms with Gasteiger partial charge in [-0.2, -0.15) is 5.01 Å². The SMILES string of the molecule is CC[C@@]1(c2ccccc2)NC(=O)N(NC(=O)CN2CCCC[C@@H]2c2nc3ccccc3s2)C1=O. The number of carbonyl (C=O) groups is 3. The summed E-state index contributed by atoms with van der Waals surface area (Å²) in [4.78, 5) is 45.9. The molecule has 2 N–H and O–H groups in total. The van der Waals surface area contributed by atoms with Gasteiger partial charge in [0.15, 0.2) is 0 Å². The van der Waals surface area contributed by atoms with E-state index in [4.69, 9.17) is 4.98 Å². The maximum absolute atomic E-state index is 13.3. The summed E-state index contributed by atoms with van der Waals surface area (Å²) in [5.41, 5.74) is 3.04. The van der Waals surface area contributed by atoms with E-state index in [1.165, 1.54) is 0 Å². The highest BCUT2D eigenvalue weighted by molar-refractivity contribution is 7.18. The third kappa shape index (κ3) is 3.95. The van der Waals surface area contributed by atoms with Gasteiger partial charge in [-0.05, 0) is 43.5 Å². The molecule has 3 aromatic rings. The van der Waals surface area contributed by atoms with Gasteiger partial charge in [-0.15, -0.1) is 11.3 Å². The quantitative estimate of drug-likeness (QED) is 0.528. The topological polar surface area (TPSA) is 94.6 Å². The third-order valence-corrected chi connectivity index (χ3v) is 7.82. The number of urea groups is 1. The summed E-state index contributed by atoms with van der Waals surface area (Å²) in [6.45, 7) is 2.69. The molecule has 2 aromatic carbocycles. The highest BCUT2D eigenvalue weighted by Crippen LogP contribution is 2.35. The number of hydrogen-bond acceptors (Lipinski definition) is 6. The number of benzene rings is 2. The van der Waals surface area contributed by atoms with Gasteiger partial charge >= 0.3 is 6.03 Å². The number of aromatic nitrogens is 1. The van der Waals surface area contributed by atoms with Crippen molar-refractivity contribution in [1.29, 1.82) is 0 Å². The van der Waals surface area contributed by atoms with Gasteiger partial charge in [0.2, 0.25) is 0 Å². The second-order valence-electron chi connectivity index (χ2n) is 8.73. The fourth-order valence-corrected chi connectivity index (χ4v) is 6.01. The van der Waals surface area contributed by atoms with Gasteiger partial charge in [0.1, 0.15) is 10.5 Å². The van der Waals surface area contributed by atoms with Crippen molar-refractivity contribution in [2.75, 3.05) is 13.1 Å². The highest BCUT2D eigenvalue weighted by Gasteiger charge is 2.52. The molecule has 0 unspecified atom stereocenters. The van der Waals surface area contributed by atoms with Crippen molar-refractivity contribution in [3.8, 4) is 0 Å². The number of nitrogens with one attached hydrogen (secondary N) is 2. The summed E-state index contributed by atoms with van der Waals surface area (Å²) >= 11 is 1.66. The Morgan fingerprint density at radius 1 is 1.15 bits per heavy atom. The number of rotatable bonds is 6. The van der Waals surface area contributed by atoms with Crippen LogP contribution in [-0.4, -0.2) is 45.8 Å². The summed E-state index contributed by atoms with van der Waals surface area (Å²) in [5.74, 6) is -0.864. The Labute approximate surface area is 201 Å². The number of nitrogens with zero attached hydrogens (tertiary/aromatic N) is 3. The van der Waals surface area contributed by atoms with Gasteiger partial charge in [0.25, 0.3) is 11.8 Å². The predicted molar refractivity (Wildman–Crippen MR) is 130 cm³/mol. The maximum atomic E-state index is 13.3. The lowest BCUT2D eigenvalue weighted by Gasteiger charge is -2.34. The molecule has 176 valence electrons. The largest absolute Gasteiger partial charge is 0.344 e. The molecule has 9 heteroatoms. The zero-order valence-corrected chi connectivity index (χ0v) is 19.8. The molecule has 0 aliphatic carbocycles. The smallest absolute Gasteiger partial charge is 0.318 e. The van der Waals surface area contributed by atoms with Gasteiger partial charge in [-0.25, -0.2) is 9.78 Å². The molecule has 2 aliphatic rings. The van der Waals surface area contributed by atoms with Crippen LogP contribution in [0.2, 0.25) is 0 Å². The summed E-state index contributed by atoms with van der Waals surface area (Å²) in [7, 11) is 0. The van der Waals surface area contributed by atoms with Crippen LogP contribution in [0.5, 0.6) is 0 Å². The van der Waals surface area contributed by atoms with Crippen molar-refractivity contribution in [3.63, 3.8) is 0 Å². The van der Waals surface area contributed by atoms with Crippen LogP contribution in [0.25, 0.3) is 10.2 Å². The van der Waals surface area contributed by atoms with Crippen LogP contribution >= 0.6 is 11.3 Å². The number of likely N-dealkylation sites (tertiary alicyclic amines) is 1. The minimum absolute atomic E-state index is 0.0408. The Morgan fingerprint density at radius 3 is 2.68 bits per heavy atom. The molecule has 1 aromatic heterocycles. The molecular weight excluding hydrogens is 450 g/mol. The first-order valence-electron chi connectivity index (χ1n) is 11.6. The Hall–Kier alpha value is -3.30. The molecule has 0 spiro atoms. The van der Waals surface area contributed by atoms with Crippen LogP contribution < -0.4 is 10.7 Å². The van der Waals surface area contributed by atoms with Crippen LogP contribution in [0.1, 0.15) is 49.2 Å². The minimum atomic E-state index is -1.18. The van der Waals surface area contributed by atoms with E-state index in [9.17, 15) is 14.4 Å². The van der Waals surface area contributed by atoms with Crippen molar-refractivity contribution in [1.82, 2.24) is 25.6 Å². The van der Waals surface area contributed by atoms with Crippen LogP contribution in [0.3, 0.4) is 0 Å². The molecule has 2 fully saturated rings. The molecule has 0 radical (unpaired) electrons. The summed E-state index contributed by atoms with van der Waals surface area (Å²) in [5, 5.41) is 4.62. The van der Waals surface area contributed by atoms with Crippen molar-refractivity contribution in [3.05, 3.63) is 65.2 Å². The van der Waals surface area contributed by atoms with Gasteiger partial charge in [-0.1, -0.05) is 55.8 Å². The van der Waals surface area contributed by atoms with Gasteiger partial charge < -0.3 is 5.32 Å². The van der Waals surface area contributed by atoms with Gasteiger partial charge in [0.05, 0.1) is 22.8 Å². The molecule has 4 amide bonds. The molecular formula is C25H27N5O3S. The van der Waals surface area contributed by atoms with Crippen LogP contribution in [0.4, 0.5) is 4.79 Å². The van der Waals surface area contributed by atoms with Crippen LogP contribution in [0.15, 0.2) is 54.6 Å². The normalized spacial score (nSPS) is 23.3. The Bertz CT molecular complexity index is 1200.